The van der Waals surface area contributed by atoms with Crippen LogP contribution in [0.2, 0.25) is 0 Å². The molecule has 0 aliphatic heterocycles. The highest BCUT2D eigenvalue weighted by Gasteiger charge is 2.34. The fourth-order valence-corrected chi connectivity index (χ4v) is 5.03. The number of fused-ring (bicyclic) bond motifs is 1. The molecule has 2 aromatic rings. The van der Waals surface area contributed by atoms with Gasteiger partial charge in [0.15, 0.2) is 5.11 Å². The lowest BCUT2D eigenvalue weighted by Gasteiger charge is -2.31. The molecule has 0 atom stereocenters. The minimum atomic E-state index is -4.77. The van der Waals surface area contributed by atoms with Crippen LogP contribution >= 0.6 is 12.2 Å². The van der Waals surface area contributed by atoms with Gasteiger partial charge in [0.25, 0.3) is 0 Å². The molecule has 0 radical (unpaired) electrons. The Morgan fingerprint density at radius 1 is 1.03 bits per heavy atom. The first-order chi connectivity index (χ1) is 16.6. The fraction of sp³-hybridized carbons (Fsp3) is 0.542. The summed E-state index contributed by atoms with van der Waals surface area (Å²) in [5.41, 5.74) is 1.16. The molecule has 0 saturated heterocycles. The van der Waals surface area contributed by atoms with Crippen LogP contribution in [-0.2, 0) is 19.0 Å². The summed E-state index contributed by atoms with van der Waals surface area (Å²) in [5, 5.41) is 9.62. The molecule has 0 spiro atoms. The average Bonchev–Trinajstić information content (AvgIpc) is 2.80. The SMILES string of the molecule is CN(C)c1nc(N[C@H]2CC[C@@H](NC(=S)Nc3ccc(F)c(C(F)(F)F)c3)CC2)nc2c1CCCC2. The maximum atomic E-state index is 13.5. The number of aryl methyl sites for hydroxylation is 1. The maximum Gasteiger partial charge on any atom is 0.419 e. The average molecular weight is 511 g/mol. The first-order valence-electron chi connectivity index (χ1n) is 11.9. The lowest BCUT2D eigenvalue weighted by molar-refractivity contribution is -0.139. The number of aromatic nitrogens is 2. The molecule has 1 fully saturated rings. The van der Waals surface area contributed by atoms with Crippen LogP contribution in [0.25, 0.3) is 0 Å². The third-order valence-corrected chi connectivity index (χ3v) is 6.73. The van der Waals surface area contributed by atoms with Gasteiger partial charge in [-0.15, -0.1) is 0 Å². The second kappa shape index (κ2) is 10.5. The highest BCUT2D eigenvalue weighted by atomic mass is 32.1. The predicted octanol–water partition coefficient (Wildman–Crippen LogP) is 5.29. The minimum absolute atomic E-state index is 0.0906. The fourth-order valence-electron chi connectivity index (χ4n) is 4.75. The smallest absolute Gasteiger partial charge is 0.362 e. The van der Waals surface area contributed by atoms with Crippen molar-refractivity contribution in [3.05, 3.63) is 40.8 Å². The number of anilines is 3. The second-order valence-corrected chi connectivity index (χ2v) is 9.79. The molecule has 190 valence electrons. The first-order valence-corrected chi connectivity index (χ1v) is 12.3. The zero-order valence-electron chi connectivity index (χ0n) is 19.8. The molecule has 4 rings (SSSR count). The number of hydrogen-bond donors (Lipinski definition) is 3. The van der Waals surface area contributed by atoms with E-state index >= 15 is 0 Å². The Kier molecular flexibility index (Phi) is 7.63. The number of hydrogen-bond acceptors (Lipinski definition) is 5. The molecule has 0 unspecified atom stereocenters. The van der Waals surface area contributed by atoms with E-state index in [0.29, 0.717) is 5.95 Å². The van der Waals surface area contributed by atoms with Crippen LogP contribution in [0.5, 0.6) is 0 Å². The summed E-state index contributed by atoms with van der Waals surface area (Å²) in [4.78, 5) is 11.6. The van der Waals surface area contributed by atoms with Crippen LogP contribution in [0.3, 0.4) is 0 Å². The van der Waals surface area contributed by atoms with Gasteiger partial charge in [0, 0.05) is 37.4 Å². The lowest BCUT2D eigenvalue weighted by atomic mass is 9.91. The van der Waals surface area contributed by atoms with Gasteiger partial charge < -0.3 is 20.9 Å². The van der Waals surface area contributed by atoms with Gasteiger partial charge in [0.2, 0.25) is 5.95 Å². The number of halogens is 4. The summed E-state index contributed by atoms with van der Waals surface area (Å²) in [6.45, 7) is 0. The summed E-state index contributed by atoms with van der Waals surface area (Å²) >= 11 is 5.28. The lowest BCUT2D eigenvalue weighted by Crippen LogP contribution is -2.42. The molecule has 6 nitrogen and oxygen atoms in total. The van der Waals surface area contributed by atoms with Crippen LogP contribution in [0, 0.1) is 5.82 Å². The van der Waals surface area contributed by atoms with E-state index in [1.165, 1.54) is 18.1 Å². The van der Waals surface area contributed by atoms with E-state index < -0.39 is 17.6 Å². The Morgan fingerprint density at radius 2 is 1.71 bits per heavy atom. The van der Waals surface area contributed by atoms with Crippen molar-refractivity contribution in [3.8, 4) is 0 Å². The summed E-state index contributed by atoms with van der Waals surface area (Å²) in [7, 11) is 4.01. The van der Waals surface area contributed by atoms with Gasteiger partial charge in [-0.1, -0.05) is 0 Å². The van der Waals surface area contributed by atoms with E-state index in [1.807, 2.05) is 19.0 Å². The zero-order valence-corrected chi connectivity index (χ0v) is 20.6. The van der Waals surface area contributed by atoms with Crippen LogP contribution in [-0.4, -0.2) is 41.3 Å². The highest BCUT2D eigenvalue weighted by Crippen LogP contribution is 2.33. The van der Waals surface area contributed by atoms with Gasteiger partial charge in [0.05, 0.1) is 11.3 Å². The largest absolute Gasteiger partial charge is 0.419 e. The Labute approximate surface area is 207 Å². The van der Waals surface area contributed by atoms with Crippen LogP contribution in [0.4, 0.5) is 35.0 Å². The van der Waals surface area contributed by atoms with Gasteiger partial charge >= 0.3 is 6.18 Å². The van der Waals surface area contributed by atoms with Crippen molar-refractivity contribution in [2.45, 2.75) is 69.6 Å². The molecule has 1 aromatic carbocycles. The summed E-state index contributed by atoms with van der Waals surface area (Å²) in [6.07, 6.45) is 2.98. The maximum absolute atomic E-state index is 13.5. The molecular formula is C24H30F4N6S. The van der Waals surface area contributed by atoms with Crippen molar-refractivity contribution in [2.24, 2.45) is 0 Å². The third kappa shape index (κ3) is 6.31. The van der Waals surface area contributed by atoms with E-state index in [0.717, 1.165) is 68.6 Å². The van der Waals surface area contributed by atoms with Crippen molar-refractivity contribution < 1.29 is 17.6 Å². The van der Waals surface area contributed by atoms with Gasteiger partial charge in [-0.3, -0.25) is 0 Å². The van der Waals surface area contributed by atoms with Crippen molar-refractivity contribution in [1.29, 1.82) is 0 Å². The van der Waals surface area contributed by atoms with Gasteiger partial charge in [-0.2, -0.15) is 18.2 Å². The standard InChI is InChI=1S/C24H30F4N6S/c1-34(2)21-17-5-3-4-6-20(17)32-22(33-21)29-14-7-9-15(10-8-14)30-23(35)31-16-11-12-19(25)18(13-16)24(26,27)28/h11-15H,3-10H2,1-2H3,(H,29,32,33)(H2,30,31,35)/t14-,15+. The Morgan fingerprint density at radius 3 is 2.40 bits per heavy atom. The minimum Gasteiger partial charge on any atom is -0.362 e. The molecule has 2 aliphatic carbocycles. The Balaban J connectivity index is 1.30. The quantitative estimate of drug-likeness (QED) is 0.373. The predicted molar refractivity (Wildman–Crippen MR) is 133 cm³/mol. The van der Waals surface area contributed by atoms with Crippen molar-refractivity contribution in [3.63, 3.8) is 0 Å². The van der Waals surface area contributed by atoms with Crippen LogP contribution in [0.15, 0.2) is 18.2 Å². The van der Waals surface area contributed by atoms with E-state index in [4.69, 9.17) is 22.2 Å². The van der Waals surface area contributed by atoms with E-state index in [2.05, 4.69) is 16.0 Å². The molecule has 11 heteroatoms. The molecule has 2 aliphatic rings. The van der Waals surface area contributed by atoms with E-state index in [-0.39, 0.29) is 22.9 Å². The number of benzene rings is 1. The molecule has 1 aromatic heterocycles. The first kappa shape index (κ1) is 25.4. The molecule has 1 saturated carbocycles. The molecule has 0 bridgehead atoms. The number of nitrogens with one attached hydrogen (secondary N) is 3. The summed E-state index contributed by atoms with van der Waals surface area (Å²) in [6, 6.07) is 3.08. The van der Waals surface area contributed by atoms with Gasteiger partial charge in [-0.25, -0.2) is 9.37 Å². The number of thiocarbonyl (C=S) groups is 1. The van der Waals surface area contributed by atoms with Crippen molar-refractivity contribution >= 4 is 34.8 Å². The number of alkyl halides is 3. The topological polar surface area (TPSA) is 65.1 Å². The highest BCUT2D eigenvalue weighted by molar-refractivity contribution is 7.80. The number of nitrogens with zero attached hydrogens (tertiary/aromatic N) is 3. The molecule has 1 heterocycles. The zero-order chi connectivity index (χ0) is 25.2. The van der Waals surface area contributed by atoms with Crippen molar-refractivity contribution in [2.75, 3.05) is 29.6 Å². The van der Waals surface area contributed by atoms with Crippen LogP contribution < -0.4 is 20.9 Å². The summed E-state index contributed by atoms with van der Waals surface area (Å²) < 4.78 is 52.3. The Bertz CT molecular complexity index is 1070. The molecule has 3 N–H and O–H groups in total. The third-order valence-electron chi connectivity index (χ3n) is 6.51. The van der Waals surface area contributed by atoms with E-state index in [1.54, 1.807) is 0 Å². The normalized spacial score (nSPS) is 20.1. The van der Waals surface area contributed by atoms with Crippen LogP contribution in [0.1, 0.15) is 55.3 Å². The molecule has 0 amide bonds. The van der Waals surface area contributed by atoms with E-state index in [9.17, 15) is 17.6 Å². The second-order valence-electron chi connectivity index (χ2n) is 9.38. The monoisotopic (exact) mass is 510 g/mol. The molecule has 35 heavy (non-hydrogen) atoms. The number of rotatable bonds is 5. The Hall–Kier alpha value is -2.69. The van der Waals surface area contributed by atoms with Gasteiger partial charge in [0.1, 0.15) is 11.6 Å². The van der Waals surface area contributed by atoms with Crippen molar-refractivity contribution in [1.82, 2.24) is 15.3 Å². The van der Waals surface area contributed by atoms with Gasteiger partial charge in [-0.05, 0) is 81.8 Å². The summed E-state index contributed by atoms with van der Waals surface area (Å²) in [5.74, 6) is 0.339. The molecular weight excluding hydrogens is 480 g/mol.